The molecule has 0 aliphatic rings. The Morgan fingerprint density at radius 2 is 1.50 bits per heavy atom. The van der Waals surface area contributed by atoms with Crippen LogP contribution in [0, 0.1) is 0 Å². The number of para-hydroxylation sites is 3. The molecule has 0 atom stereocenters. The van der Waals surface area contributed by atoms with Crippen LogP contribution in [0.15, 0.2) is 72.8 Å². The van der Waals surface area contributed by atoms with E-state index in [0.717, 1.165) is 28.4 Å². The van der Waals surface area contributed by atoms with Gasteiger partial charge < -0.3 is 14.5 Å². The highest BCUT2D eigenvalue weighted by Crippen LogP contribution is 2.33. The second kappa shape index (κ2) is 8.81. The fraction of sp³-hybridized carbons (Fsp3) is 0.174. The van der Waals surface area contributed by atoms with Crippen LogP contribution in [-0.4, -0.2) is 20.0 Å². The van der Waals surface area contributed by atoms with Gasteiger partial charge in [0.05, 0.1) is 5.69 Å². The molecular weight excluding hydrogens is 372 g/mol. The summed E-state index contributed by atoms with van der Waals surface area (Å²) < 4.78 is 6.07. The van der Waals surface area contributed by atoms with Crippen LogP contribution < -0.4 is 14.5 Å². The van der Waals surface area contributed by atoms with E-state index >= 15 is 0 Å². The van der Waals surface area contributed by atoms with E-state index in [4.69, 9.17) is 16.3 Å². The molecule has 0 fully saturated rings. The maximum Gasteiger partial charge on any atom is 0.223 e. The smallest absolute Gasteiger partial charge is 0.223 e. The van der Waals surface area contributed by atoms with Gasteiger partial charge in [0, 0.05) is 38.3 Å². The van der Waals surface area contributed by atoms with Crippen molar-refractivity contribution in [2.24, 2.45) is 0 Å². The predicted octanol–water partition coefficient (Wildman–Crippen LogP) is 5.75. The predicted molar refractivity (Wildman–Crippen MR) is 116 cm³/mol. The van der Waals surface area contributed by atoms with Crippen LogP contribution in [0.5, 0.6) is 11.5 Å². The number of hydrogen-bond acceptors (Lipinski definition) is 3. The topological polar surface area (TPSA) is 32.8 Å². The van der Waals surface area contributed by atoms with E-state index in [1.807, 2.05) is 67.7 Å². The zero-order valence-corrected chi connectivity index (χ0v) is 17.0. The van der Waals surface area contributed by atoms with E-state index in [9.17, 15) is 4.79 Å². The number of rotatable bonds is 6. The van der Waals surface area contributed by atoms with Crippen LogP contribution in [0.1, 0.15) is 12.5 Å². The van der Waals surface area contributed by atoms with Crippen molar-refractivity contribution in [1.29, 1.82) is 0 Å². The second-order valence-electron chi connectivity index (χ2n) is 6.59. The maximum absolute atomic E-state index is 11.8. The van der Waals surface area contributed by atoms with Gasteiger partial charge in [-0.15, -0.1) is 0 Å². The normalized spacial score (nSPS) is 10.4. The van der Waals surface area contributed by atoms with Crippen LogP contribution in [0.3, 0.4) is 0 Å². The third-order valence-electron chi connectivity index (χ3n) is 4.55. The molecule has 28 heavy (non-hydrogen) atoms. The average molecular weight is 395 g/mol. The number of anilines is 2. The van der Waals surface area contributed by atoms with Crippen LogP contribution in [0.2, 0.25) is 5.02 Å². The Labute approximate surface area is 170 Å². The van der Waals surface area contributed by atoms with Crippen LogP contribution >= 0.6 is 11.6 Å². The molecule has 3 aromatic rings. The van der Waals surface area contributed by atoms with Crippen molar-refractivity contribution in [3.8, 4) is 11.5 Å². The maximum atomic E-state index is 11.8. The molecule has 144 valence electrons. The van der Waals surface area contributed by atoms with E-state index in [0.29, 0.717) is 11.6 Å². The molecule has 0 unspecified atom stereocenters. The summed E-state index contributed by atoms with van der Waals surface area (Å²) >= 11 is 5.96. The monoisotopic (exact) mass is 394 g/mol. The number of amides is 1. The molecular formula is C23H23ClN2O2. The summed E-state index contributed by atoms with van der Waals surface area (Å²) in [6.07, 6.45) is 0. The molecule has 0 saturated heterocycles. The lowest BCUT2D eigenvalue weighted by molar-refractivity contribution is -0.116. The van der Waals surface area contributed by atoms with Crippen LogP contribution in [0.25, 0.3) is 0 Å². The Kier molecular flexibility index (Phi) is 6.22. The summed E-state index contributed by atoms with van der Waals surface area (Å²) in [5, 5.41) is 0.670. The van der Waals surface area contributed by atoms with E-state index in [-0.39, 0.29) is 5.91 Å². The fourth-order valence-electron chi connectivity index (χ4n) is 2.97. The molecule has 0 heterocycles. The summed E-state index contributed by atoms with van der Waals surface area (Å²) in [6, 6.07) is 23.1. The lowest BCUT2D eigenvalue weighted by Gasteiger charge is -2.25. The lowest BCUT2D eigenvalue weighted by atomic mass is 10.1. The SMILES string of the molecule is CC(=O)N(C)c1ccccc1CN(C)c1ccccc1Oc1ccc(Cl)cc1. The van der Waals surface area contributed by atoms with Crippen molar-refractivity contribution in [2.45, 2.75) is 13.5 Å². The molecule has 4 nitrogen and oxygen atoms in total. The standard InChI is InChI=1S/C23H23ClN2O2/c1-17(27)26(3)21-9-5-4-8-18(21)16-25(2)22-10-6-7-11-23(22)28-20-14-12-19(24)13-15-20/h4-15H,16H2,1-3H3. The Hall–Kier alpha value is -2.98. The summed E-state index contributed by atoms with van der Waals surface area (Å²) in [6.45, 7) is 2.20. The Bertz CT molecular complexity index is 957. The number of benzene rings is 3. The van der Waals surface area contributed by atoms with Crippen molar-refractivity contribution in [3.05, 3.63) is 83.4 Å². The molecule has 0 radical (unpaired) electrons. The van der Waals surface area contributed by atoms with Gasteiger partial charge in [-0.25, -0.2) is 0 Å². The molecule has 5 heteroatoms. The van der Waals surface area contributed by atoms with E-state index < -0.39 is 0 Å². The first-order chi connectivity index (χ1) is 13.5. The number of carbonyl (C=O) groups excluding carboxylic acids is 1. The number of hydrogen-bond donors (Lipinski definition) is 0. The molecule has 0 aliphatic carbocycles. The van der Waals surface area contributed by atoms with Crippen molar-refractivity contribution in [3.63, 3.8) is 0 Å². The Morgan fingerprint density at radius 1 is 0.893 bits per heavy atom. The molecule has 0 bridgehead atoms. The van der Waals surface area contributed by atoms with Gasteiger partial charge in [0.1, 0.15) is 5.75 Å². The van der Waals surface area contributed by atoms with Crippen molar-refractivity contribution in [2.75, 3.05) is 23.9 Å². The minimum absolute atomic E-state index is 0.00146. The molecule has 0 N–H and O–H groups in total. The first-order valence-corrected chi connectivity index (χ1v) is 9.39. The van der Waals surface area contributed by atoms with Gasteiger partial charge in [-0.05, 0) is 48.0 Å². The van der Waals surface area contributed by atoms with Crippen LogP contribution in [0.4, 0.5) is 11.4 Å². The van der Waals surface area contributed by atoms with Crippen molar-refractivity contribution in [1.82, 2.24) is 0 Å². The van der Waals surface area contributed by atoms with Crippen molar-refractivity contribution < 1.29 is 9.53 Å². The fourth-order valence-corrected chi connectivity index (χ4v) is 3.10. The summed E-state index contributed by atoms with van der Waals surface area (Å²) in [5.74, 6) is 1.48. The molecule has 3 aromatic carbocycles. The van der Waals surface area contributed by atoms with Gasteiger partial charge in [-0.1, -0.05) is 41.9 Å². The summed E-state index contributed by atoms with van der Waals surface area (Å²) in [4.78, 5) is 15.6. The molecule has 0 aliphatic heterocycles. The Balaban J connectivity index is 1.85. The Morgan fingerprint density at radius 3 is 2.18 bits per heavy atom. The van der Waals surface area contributed by atoms with Gasteiger partial charge in [0.2, 0.25) is 5.91 Å². The largest absolute Gasteiger partial charge is 0.455 e. The minimum atomic E-state index is 0.00146. The van der Waals surface area contributed by atoms with Gasteiger partial charge in [-0.3, -0.25) is 4.79 Å². The highest BCUT2D eigenvalue weighted by molar-refractivity contribution is 6.30. The number of halogens is 1. The summed E-state index contributed by atoms with van der Waals surface area (Å²) in [5.41, 5.74) is 2.92. The van der Waals surface area contributed by atoms with E-state index in [1.54, 1.807) is 31.0 Å². The molecule has 0 aromatic heterocycles. The van der Waals surface area contributed by atoms with Crippen LogP contribution in [-0.2, 0) is 11.3 Å². The lowest BCUT2D eigenvalue weighted by Crippen LogP contribution is -2.26. The number of nitrogens with zero attached hydrogens (tertiary/aromatic N) is 2. The highest BCUT2D eigenvalue weighted by atomic mass is 35.5. The third-order valence-corrected chi connectivity index (χ3v) is 4.80. The zero-order chi connectivity index (χ0) is 20.1. The molecule has 0 saturated carbocycles. The van der Waals surface area contributed by atoms with Crippen molar-refractivity contribution >= 4 is 28.9 Å². The molecule has 0 spiro atoms. The number of ether oxygens (including phenoxy) is 1. The van der Waals surface area contributed by atoms with Gasteiger partial charge in [-0.2, -0.15) is 0 Å². The van der Waals surface area contributed by atoms with Gasteiger partial charge >= 0.3 is 0 Å². The average Bonchev–Trinajstić information content (AvgIpc) is 2.70. The quantitative estimate of drug-likeness (QED) is 0.533. The van der Waals surface area contributed by atoms with E-state index in [2.05, 4.69) is 4.90 Å². The molecule has 3 rings (SSSR count). The highest BCUT2D eigenvalue weighted by Gasteiger charge is 2.14. The zero-order valence-electron chi connectivity index (χ0n) is 16.2. The van der Waals surface area contributed by atoms with Gasteiger partial charge in [0.25, 0.3) is 0 Å². The first-order valence-electron chi connectivity index (χ1n) is 9.01. The summed E-state index contributed by atoms with van der Waals surface area (Å²) in [7, 11) is 3.80. The number of carbonyl (C=O) groups is 1. The second-order valence-corrected chi connectivity index (χ2v) is 7.02. The van der Waals surface area contributed by atoms with E-state index in [1.165, 1.54) is 0 Å². The first kappa shape index (κ1) is 19.8. The third kappa shape index (κ3) is 4.65. The van der Waals surface area contributed by atoms with Gasteiger partial charge in [0.15, 0.2) is 5.75 Å². The minimum Gasteiger partial charge on any atom is -0.455 e. The molecule has 1 amide bonds.